The number of hydrogen-bond acceptors (Lipinski definition) is 4. The van der Waals surface area contributed by atoms with Crippen LogP contribution in [0.5, 0.6) is 0 Å². The van der Waals surface area contributed by atoms with Gasteiger partial charge in [0, 0.05) is 11.8 Å². The molecule has 1 N–H and O–H groups in total. The van der Waals surface area contributed by atoms with Crippen molar-refractivity contribution in [3.8, 4) is 0 Å². The van der Waals surface area contributed by atoms with Gasteiger partial charge >= 0.3 is 0 Å². The monoisotopic (exact) mass is 442 g/mol. The van der Waals surface area contributed by atoms with Crippen LogP contribution in [0.15, 0.2) is 65.7 Å². The van der Waals surface area contributed by atoms with Crippen LogP contribution in [0.3, 0.4) is 0 Å². The molecule has 0 aliphatic heterocycles. The maximum absolute atomic E-state index is 13.0. The topological polar surface area (TPSA) is 76.1 Å². The molecule has 2 aromatic carbocycles. The lowest BCUT2D eigenvalue weighted by Gasteiger charge is -2.19. The summed E-state index contributed by atoms with van der Waals surface area (Å²) in [7, 11) is -3.94. The number of benzene rings is 2. The first-order valence-corrected chi connectivity index (χ1v) is 11.2. The molecule has 1 heterocycles. The summed E-state index contributed by atoms with van der Waals surface area (Å²) < 4.78 is 28.4. The molecule has 1 aromatic heterocycles. The van der Waals surface area contributed by atoms with E-state index in [1.165, 1.54) is 12.3 Å². The van der Waals surface area contributed by atoms with Gasteiger partial charge in [0.1, 0.15) is 5.69 Å². The molecule has 7 heteroatoms. The van der Waals surface area contributed by atoms with Gasteiger partial charge in [-0.25, -0.2) is 13.4 Å². The molecular formula is C23H23ClN2O3S. The van der Waals surface area contributed by atoms with E-state index in [0.717, 1.165) is 11.1 Å². The second kappa shape index (κ2) is 8.20. The molecule has 3 aromatic rings. The number of nitrogens with one attached hydrogen (secondary N) is 1. The molecule has 30 heavy (non-hydrogen) atoms. The summed E-state index contributed by atoms with van der Waals surface area (Å²) in [6.07, 6.45) is 1.32. The predicted molar refractivity (Wildman–Crippen MR) is 120 cm³/mol. The van der Waals surface area contributed by atoms with Gasteiger partial charge in [-0.1, -0.05) is 68.3 Å². The highest BCUT2D eigenvalue weighted by atomic mass is 35.5. The van der Waals surface area contributed by atoms with Crippen LogP contribution in [0.4, 0.5) is 5.69 Å². The van der Waals surface area contributed by atoms with Crippen molar-refractivity contribution in [3.05, 3.63) is 88.2 Å². The van der Waals surface area contributed by atoms with Crippen LogP contribution >= 0.6 is 11.6 Å². The van der Waals surface area contributed by atoms with Crippen molar-refractivity contribution in [2.45, 2.75) is 38.0 Å². The lowest BCUT2D eigenvalue weighted by atomic mass is 9.87. The summed E-state index contributed by atoms with van der Waals surface area (Å²) in [4.78, 5) is 17.2. The fourth-order valence-electron chi connectivity index (χ4n) is 2.96. The zero-order chi connectivity index (χ0) is 22.1. The van der Waals surface area contributed by atoms with Crippen molar-refractivity contribution in [2.75, 3.05) is 4.72 Å². The fraction of sp³-hybridized carbons (Fsp3) is 0.217. The number of carbonyl (C=O) groups is 1. The first-order chi connectivity index (χ1) is 14.0. The Morgan fingerprint density at radius 1 is 1.03 bits per heavy atom. The van der Waals surface area contributed by atoms with Gasteiger partial charge in [-0.2, -0.15) is 0 Å². The molecule has 0 saturated carbocycles. The van der Waals surface area contributed by atoms with E-state index in [0.29, 0.717) is 5.56 Å². The normalized spacial score (nSPS) is 11.9. The molecule has 0 saturated heterocycles. The van der Waals surface area contributed by atoms with Crippen molar-refractivity contribution in [3.63, 3.8) is 0 Å². The summed E-state index contributed by atoms with van der Waals surface area (Å²) in [6, 6.07) is 15.1. The highest BCUT2D eigenvalue weighted by Gasteiger charge is 2.22. The third-order valence-electron chi connectivity index (χ3n) is 4.62. The molecule has 0 spiro atoms. The Balaban J connectivity index is 1.98. The van der Waals surface area contributed by atoms with E-state index in [2.05, 4.69) is 30.5 Å². The maximum atomic E-state index is 13.0. The minimum Gasteiger partial charge on any atom is -0.287 e. The largest absolute Gasteiger partial charge is 0.287 e. The number of aromatic nitrogens is 1. The Kier molecular flexibility index (Phi) is 6.01. The molecule has 0 bridgehead atoms. The molecule has 0 aliphatic carbocycles. The average molecular weight is 443 g/mol. The maximum Gasteiger partial charge on any atom is 0.261 e. The molecule has 5 nitrogen and oxygen atoms in total. The molecule has 0 amide bonds. The Bertz CT molecular complexity index is 1200. The summed E-state index contributed by atoms with van der Waals surface area (Å²) >= 11 is 6.03. The quantitative estimate of drug-likeness (QED) is 0.538. The second-order valence-corrected chi connectivity index (χ2v) is 10.2. The lowest BCUT2D eigenvalue weighted by Crippen LogP contribution is -2.17. The Hall–Kier alpha value is -2.70. The van der Waals surface area contributed by atoms with E-state index >= 15 is 0 Å². The number of rotatable bonds is 5. The number of nitrogens with zero attached hydrogens (tertiary/aromatic N) is 1. The van der Waals surface area contributed by atoms with E-state index < -0.39 is 15.8 Å². The first-order valence-electron chi connectivity index (χ1n) is 9.38. The van der Waals surface area contributed by atoms with Gasteiger partial charge in [-0.3, -0.25) is 9.52 Å². The predicted octanol–water partition coefficient (Wildman–Crippen LogP) is 5.37. The Labute approximate surface area is 182 Å². The molecule has 0 radical (unpaired) electrons. The van der Waals surface area contributed by atoms with Gasteiger partial charge < -0.3 is 0 Å². The van der Waals surface area contributed by atoms with Gasteiger partial charge in [0.25, 0.3) is 10.0 Å². The minimum absolute atomic E-state index is 0.0140. The van der Waals surface area contributed by atoms with E-state index in [1.54, 1.807) is 42.5 Å². The zero-order valence-corrected chi connectivity index (χ0v) is 18.8. The van der Waals surface area contributed by atoms with E-state index in [-0.39, 0.29) is 26.7 Å². The van der Waals surface area contributed by atoms with Crippen LogP contribution in [0.1, 0.15) is 48.0 Å². The van der Waals surface area contributed by atoms with E-state index in [1.807, 2.05) is 13.0 Å². The average Bonchev–Trinajstić information content (AvgIpc) is 2.67. The van der Waals surface area contributed by atoms with Crippen LogP contribution in [0, 0.1) is 6.92 Å². The third-order valence-corrected chi connectivity index (χ3v) is 6.21. The minimum atomic E-state index is -3.94. The number of halogens is 1. The van der Waals surface area contributed by atoms with E-state index in [4.69, 9.17) is 11.6 Å². The Morgan fingerprint density at radius 3 is 2.30 bits per heavy atom. The standard InChI is InChI=1S/C23H23ClN2O3S/c1-15-6-5-7-16(12-15)22(27)21-20(13-18(24)14-25-21)26-30(28,29)19-10-8-17(9-11-19)23(2,3)4/h5-14,26H,1-4H3. The molecule has 0 aliphatic rings. The summed E-state index contributed by atoms with van der Waals surface area (Å²) in [5.74, 6) is -0.392. The van der Waals surface area contributed by atoms with Crippen molar-refractivity contribution in [1.82, 2.24) is 4.98 Å². The van der Waals surface area contributed by atoms with Crippen molar-refractivity contribution >= 4 is 33.1 Å². The van der Waals surface area contributed by atoms with E-state index in [9.17, 15) is 13.2 Å². The number of anilines is 1. The summed E-state index contributed by atoms with van der Waals surface area (Å²) in [5.41, 5.74) is 2.27. The van der Waals surface area contributed by atoms with Crippen LogP contribution < -0.4 is 4.72 Å². The zero-order valence-electron chi connectivity index (χ0n) is 17.2. The number of hydrogen-bond donors (Lipinski definition) is 1. The molecule has 156 valence electrons. The van der Waals surface area contributed by atoms with Gasteiger partial charge in [0.15, 0.2) is 0 Å². The van der Waals surface area contributed by atoms with Crippen LogP contribution in [-0.4, -0.2) is 19.2 Å². The van der Waals surface area contributed by atoms with Gasteiger partial charge in [0.05, 0.1) is 15.6 Å². The van der Waals surface area contributed by atoms with Gasteiger partial charge in [0.2, 0.25) is 5.78 Å². The summed E-state index contributed by atoms with van der Waals surface area (Å²) in [6.45, 7) is 8.03. The number of carbonyl (C=O) groups excluding carboxylic acids is 1. The molecule has 0 unspecified atom stereocenters. The highest BCUT2D eigenvalue weighted by Crippen LogP contribution is 2.27. The molecule has 0 fully saturated rings. The first kappa shape index (κ1) is 22.0. The Morgan fingerprint density at radius 2 is 1.70 bits per heavy atom. The van der Waals surface area contributed by atoms with Crippen LogP contribution in [0.2, 0.25) is 5.02 Å². The smallest absolute Gasteiger partial charge is 0.261 e. The van der Waals surface area contributed by atoms with Crippen molar-refractivity contribution in [1.29, 1.82) is 0 Å². The lowest BCUT2D eigenvalue weighted by molar-refractivity contribution is 0.103. The highest BCUT2D eigenvalue weighted by molar-refractivity contribution is 7.92. The second-order valence-electron chi connectivity index (χ2n) is 8.13. The summed E-state index contributed by atoms with van der Waals surface area (Å²) in [5, 5.41) is 0.219. The van der Waals surface area contributed by atoms with Gasteiger partial charge in [-0.05, 0) is 42.2 Å². The van der Waals surface area contributed by atoms with Crippen molar-refractivity contribution in [2.24, 2.45) is 0 Å². The van der Waals surface area contributed by atoms with Gasteiger partial charge in [-0.15, -0.1) is 0 Å². The fourth-order valence-corrected chi connectivity index (χ4v) is 4.17. The van der Waals surface area contributed by atoms with Crippen molar-refractivity contribution < 1.29 is 13.2 Å². The van der Waals surface area contributed by atoms with Crippen LogP contribution in [-0.2, 0) is 15.4 Å². The SMILES string of the molecule is Cc1cccc(C(=O)c2ncc(Cl)cc2NS(=O)(=O)c2ccc(C(C)(C)C)cc2)c1. The molecule has 0 atom stereocenters. The number of aryl methyl sites for hydroxylation is 1. The number of pyridine rings is 1. The molecular weight excluding hydrogens is 420 g/mol. The third kappa shape index (κ3) is 4.89. The van der Waals surface area contributed by atoms with Crippen LogP contribution in [0.25, 0.3) is 0 Å². The number of sulfonamides is 1. The molecule has 3 rings (SSSR count). The number of ketones is 1.